The quantitative estimate of drug-likeness (QED) is 0.201. The van der Waals surface area contributed by atoms with Gasteiger partial charge in [-0.3, -0.25) is 0 Å². The molecule has 2 heterocycles. The van der Waals surface area contributed by atoms with E-state index in [1.54, 1.807) is 0 Å². The third kappa shape index (κ3) is 3.65. The predicted molar refractivity (Wildman–Crippen MR) is 192 cm³/mol. The second-order valence-corrected chi connectivity index (χ2v) is 12.1. The molecule has 0 saturated heterocycles. The molecule has 0 N–H and O–H groups in total. The van der Waals surface area contributed by atoms with E-state index in [1.807, 2.05) is 0 Å². The lowest BCUT2D eigenvalue weighted by Gasteiger charge is -2.22. The molecule has 0 atom stereocenters. The molecule has 1 aliphatic heterocycles. The molecule has 10 rings (SSSR count). The van der Waals surface area contributed by atoms with Crippen LogP contribution in [0.25, 0.3) is 82.4 Å². The molecule has 0 bridgehead atoms. The second-order valence-electron chi connectivity index (χ2n) is 12.1. The minimum absolute atomic E-state index is 0.902. The highest BCUT2D eigenvalue weighted by Gasteiger charge is 2.21. The highest BCUT2D eigenvalue weighted by molar-refractivity contribution is 6.25. The summed E-state index contributed by atoms with van der Waals surface area (Å²) in [4.78, 5) is 0. The van der Waals surface area contributed by atoms with Crippen molar-refractivity contribution in [2.45, 2.75) is 0 Å². The summed E-state index contributed by atoms with van der Waals surface area (Å²) in [6.07, 6.45) is 0. The number of para-hydroxylation sites is 2. The normalized spacial score (nSPS) is 12.1. The zero-order chi connectivity index (χ0) is 30.2. The lowest BCUT2D eigenvalue weighted by atomic mass is 9.91. The lowest BCUT2D eigenvalue weighted by molar-refractivity contribution is 0.487. The number of fused-ring (bicyclic) bond motifs is 7. The molecular weight excluding hydrogens is 558 g/mol. The zero-order valence-corrected chi connectivity index (χ0v) is 24.9. The van der Waals surface area contributed by atoms with Crippen LogP contribution in [0.5, 0.6) is 11.5 Å². The first kappa shape index (κ1) is 25.2. The SMILES string of the molecule is c1ccc(-n2c3ccccc3c3c4ccccc4cc(-c4ccc(-c5ccc6c(c5)-c5cccc7cccc(c57)O6)cc4)c32)cc1. The van der Waals surface area contributed by atoms with Crippen molar-refractivity contribution in [2.24, 2.45) is 0 Å². The van der Waals surface area contributed by atoms with Gasteiger partial charge in [-0.15, -0.1) is 0 Å². The molecule has 1 aromatic heterocycles. The molecule has 9 aromatic rings. The van der Waals surface area contributed by atoms with Crippen molar-refractivity contribution in [3.05, 3.63) is 164 Å². The van der Waals surface area contributed by atoms with Crippen LogP contribution in [0, 0.1) is 0 Å². The molecule has 214 valence electrons. The van der Waals surface area contributed by atoms with E-state index in [4.69, 9.17) is 4.74 Å². The maximum atomic E-state index is 6.36. The Balaban J connectivity index is 1.16. The van der Waals surface area contributed by atoms with Crippen LogP contribution >= 0.6 is 0 Å². The molecule has 46 heavy (non-hydrogen) atoms. The molecule has 0 unspecified atom stereocenters. The predicted octanol–water partition coefficient (Wildman–Crippen LogP) is 12.2. The van der Waals surface area contributed by atoms with Gasteiger partial charge in [0.25, 0.3) is 0 Å². The summed E-state index contributed by atoms with van der Waals surface area (Å²) in [6.45, 7) is 0. The van der Waals surface area contributed by atoms with Crippen molar-refractivity contribution in [1.29, 1.82) is 0 Å². The van der Waals surface area contributed by atoms with E-state index >= 15 is 0 Å². The molecule has 8 aromatic carbocycles. The van der Waals surface area contributed by atoms with E-state index < -0.39 is 0 Å². The average Bonchev–Trinajstić information content (AvgIpc) is 3.48. The van der Waals surface area contributed by atoms with Crippen LogP contribution in [-0.4, -0.2) is 4.57 Å². The van der Waals surface area contributed by atoms with Gasteiger partial charge in [0.2, 0.25) is 0 Å². The molecule has 0 fully saturated rings. The van der Waals surface area contributed by atoms with Gasteiger partial charge in [0.05, 0.1) is 11.0 Å². The maximum absolute atomic E-state index is 6.36. The minimum Gasteiger partial charge on any atom is -0.456 e. The molecule has 2 heteroatoms. The molecule has 0 amide bonds. The fourth-order valence-corrected chi connectivity index (χ4v) is 7.49. The monoisotopic (exact) mass is 585 g/mol. The van der Waals surface area contributed by atoms with E-state index in [0.29, 0.717) is 0 Å². The van der Waals surface area contributed by atoms with E-state index in [2.05, 4.69) is 168 Å². The topological polar surface area (TPSA) is 14.2 Å². The average molecular weight is 586 g/mol. The molecule has 2 nitrogen and oxygen atoms in total. The smallest absolute Gasteiger partial charge is 0.135 e. The number of hydrogen-bond donors (Lipinski definition) is 0. The number of ether oxygens (including phenoxy) is 1. The first-order chi connectivity index (χ1) is 22.8. The standard InChI is InChI=1S/C44H27NO/c1-2-13-33(14-3-1)45-39-18-7-6-16-36(39)43-34-15-5-4-10-32(34)27-37(44(43)45)29-22-20-28(21-23-29)31-24-25-40-38(26-31)35-17-8-11-30-12-9-19-41(46-40)42(30)35/h1-27H. The summed E-state index contributed by atoms with van der Waals surface area (Å²) in [5.74, 6) is 1.83. The first-order valence-corrected chi connectivity index (χ1v) is 15.8. The Morgan fingerprint density at radius 1 is 0.391 bits per heavy atom. The summed E-state index contributed by atoms with van der Waals surface area (Å²) >= 11 is 0. The summed E-state index contributed by atoms with van der Waals surface area (Å²) in [5, 5.41) is 7.46. The van der Waals surface area contributed by atoms with Crippen molar-refractivity contribution in [1.82, 2.24) is 4.57 Å². The molecular formula is C44H27NO. The number of aromatic nitrogens is 1. The van der Waals surface area contributed by atoms with Gasteiger partial charge in [-0.1, -0.05) is 121 Å². The van der Waals surface area contributed by atoms with Crippen LogP contribution in [0.1, 0.15) is 0 Å². The highest BCUT2D eigenvalue weighted by atomic mass is 16.5. The first-order valence-electron chi connectivity index (χ1n) is 15.8. The summed E-state index contributed by atoms with van der Waals surface area (Å²) in [6, 6.07) is 59.0. The summed E-state index contributed by atoms with van der Waals surface area (Å²) < 4.78 is 8.80. The molecule has 0 spiro atoms. The van der Waals surface area contributed by atoms with Crippen molar-refractivity contribution in [3.8, 4) is 50.6 Å². The minimum atomic E-state index is 0.902. The van der Waals surface area contributed by atoms with Gasteiger partial charge in [0, 0.05) is 33.0 Å². The second kappa shape index (κ2) is 9.69. The fraction of sp³-hybridized carbons (Fsp3) is 0. The van der Waals surface area contributed by atoms with Gasteiger partial charge in [-0.2, -0.15) is 0 Å². The van der Waals surface area contributed by atoms with Crippen LogP contribution in [0.15, 0.2) is 164 Å². The van der Waals surface area contributed by atoms with Crippen molar-refractivity contribution < 1.29 is 4.74 Å². The maximum Gasteiger partial charge on any atom is 0.135 e. The van der Waals surface area contributed by atoms with E-state index in [0.717, 1.165) is 22.7 Å². The lowest BCUT2D eigenvalue weighted by Crippen LogP contribution is -1.97. The van der Waals surface area contributed by atoms with Crippen LogP contribution in [0.2, 0.25) is 0 Å². The van der Waals surface area contributed by atoms with Gasteiger partial charge in [0.15, 0.2) is 0 Å². The highest BCUT2D eigenvalue weighted by Crippen LogP contribution is 2.48. The van der Waals surface area contributed by atoms with E-state index in [9.17, 15) is 0 Å². The van der Waals surface area contributed by atoms with Crippen molar-refractivity contribution in [3.63, 3.8) is 0 Å². The number of hydrogen-bond acceptors (Lipinski definition) is 1. The Labute approximate surface area is 266 Å². The van der Waals surface area contributed by atoms with Gasteiger partial charge < -0.3 is 9.30 Å². The Morgan fingerprint density at radius 2 is 1.09 bits per heavy atom. The Bertz CT molecular complexity index is 2640. The van der Waals surface area contributed by atoms with E-state index in [-0.39, 0.29) is 0 Å². The van der Waals surface area contributed by atoms with Gasteiger partial charge >= 0.3 is 0 Å². The van der Waals surface area contributed by atoms with Crippen LogP contribution in [-0.2, 0) is 0 Å². The summed E-state index contributed by atoms with van der Waals surface area (Å²) in [5.41, 5.74) is 10.7. The Hall–Kier alpha value is -6.12. The Kier molecular flexibility index (Phi) is 5.31. The summed E-state index contributed by atoms with van der Waals surface area (Å²) in [7, 11) is 0. The van der Waals surface area contributed by atoms with Gasteiger partial charge in [-0.05, 0) is 80.9 Å². The zero-order valence-electron chi connectivity index (χ0n) is 24.9. The van der Waals surface area contributed by atoms with Gasteiger partial charge in [0.1, 0.15) is 11.5 Å². The van der Waals surface area contributed by atoms with E-state index in [1.165, 1.54) is 71.2 Å². The molecule has 1 aliphatic rings. The number of rotatable bonds is 3. The Morgan fingerprint density at radius 3 is 1.96 bits per heavy atom. The van der Waals surface area contributed by atoms with Gasteiger partial charge in [-0.25, -0.2) is 0 Å². The molecule has 0 saturated carbocycles. The fourth-order valence-electron chi connectivity index (χ4n) is 7.49. The van der Waals surface area contributed by atoms with Crippen molar-refractivity contribution >= 4 is 43.4 Å². The van der Waals surface area contributed by atoms with Crippen LogP contribution < -0.4 is 4.74 Å². The third-order valence-corrected chi connectivity index (χ3v) is 9.56. The molecule has 0 aliphatic carbocycles. The third-order valence-electron chi connectivity index (χ3n) is 9.56. The van der Waals surface area contributed by atoms with Crippen LogP contribution in [0.3, 0.4) is 0 Å². The molecule has 0 radical (unpaired) electrons. The van der Waals surface area contributed by atoms with Crippen molar-refractivity contribution in [2.75, 3.05) is 0 Å². The number of nitrogens with zero attached hydrogens (tertiary/aromatic N) is 1. The largest absolute Gasteiger partial charge is 0.456 e. The number of benzene rings is 8. The van der Waals surface area contributed by atoms with Crippen LogP contribution in [0.4, 0.5) is 0 Å².